The van der Waals surface area contributed by atoms with E-state index < -0.39 is 6.75 Å². The number of nitrogens with zero attached hydrogens (tertiary/aromatic N) is 1. The quantitative estimate of drug-likeness (QED) is 0.741. The minimum absolute atomic E-state index is 0.0696. The minimum Gasteiger partial charge on any atom is -0.540 e. The normalized spacial score (nSPS) is 32.7. The highest BCUT2D eigenvalue weighted by molar-refractivity contribution is 6.75. The van der Waals surface area contributed by atoms with Crippen molar-refractivity contribution in [3.05, 3.63) is 36.3 Å². The van der Waals surface area contributed by atoms with Gasteiger partial charge in [-0.15, -0.1) is 5.46 Å². The molecular weight excluding hydrogens is 260 g/mol. The van der Waals surface area contributed by atoms with Gasteiger partial charge in [0.1, 0.15) is 11.3 Å². The maximum Gasteiger partial charge on any atom is 0.411 e. The summed E-state index contributed by atoms with van der Waals surface area (Å²) < 4.78 is 31.1. The van der Waals surface area contributed by atoms with Crippen LogP contribution in [0.1, 0.15) is 6.92 Å². The molecule has 20 heavy (non-hydrogen) atoms. The molecule has 104 valence electrons. The first-order chi connectivity index (χ1) is 9.60. The number of hydrogen-bond acceptors (Lipinski definition) is 4. The van der Waals surface area contributed by atoms with Crippen molar-refractivity contribution in [2.75, 3.05) is 19.8 Å². The molecule has 0 aliphatic carbocycles. The Balaban J connectivity index is 1.79. The van der Waals surface area contributed by atoms with E-state index in [4.69, 9.17) is 14.0 Å². The molecule has 3 aliphatic heterocycles. The van der Waals surface area contributed by atoms with Crippen molar-refractivity contribution >= 4 is 23.1 Å². The van der Waals surface area contributed by atoms with Crippen molar-refractivity contribution in [1.29, 1.82) is 0 Å². The second-order valence-electron chi connectivity index (χ2n) is 5.97. The van der Waals surface area contributed by atoms with Gasteiger partial charge in [0.2, 0.25) is 0 Å². The van der Waals surface area contributed by atoms with Crippen LogP contribution in [0.15, 0.2) is 30.5 Å². The van der Waals surface area contributed by atoms with E-state index in [1.807, 2.05) is 12.1 Å². The molecule has 0 radical (unpaired) electrons. The number of pyridine rings is 1. The third-order valence-electron chi connectivity index (χ3n) is 4.04. The van der Waals surface area contributed by atoms with E-state index in [1.165, 1.54) is 6.07 Å². The highest BCUT2D eigenvalue weighted by Gasteiger charge is 2.47. The number of halogens is 1. The van der Waals surface area contributed by atoms with Crippen LogP contribution in [-0.4, -0.2) is 31.6 Å². The maximum absolute atomic E-state index is 13.6. The summed E-state index contributed by atoms with van der Waals surface area (Å²) in [5, 5.41) is 0.716. The van der Waals surface area contributed by atoms with Crippen LogP contribution >= 0.6 is 0 Å². The van der Waals surface area contributed by atoms with Gasteiger partial charge < -0.3 is 14.0 Å². The molecule has 2 aromatic rings. The third-order valence-corrected chi connectivity index (χ3v) is 4.04. The van der Waals surface area contributed by atoms with Crippen molar-refractivity contribution in [2.24, 2.45) is 5.41 Å². The molecule has 4 nitrogen and oxygen atoms in total. The Morgan fingerprint density at radius 1 is 1.20 bits per heavy atom. The molecule has 6 heteroatoms. The second-order valence-corrected chi connectivity index (χ2v) is 5.97. The predicted octanol–water partition coefficient (Wildman–Crippen LogP) is 1.60. The standard InChI is InChI=1S/C14H14BFNO3/c1-14-7-18-15(19-8-14,20-9-14)11-5-10-3-2-4-12(16)13(10)17-6-11/h2-6H,7-9H2,1H3/q-1. The fourth-order valence-electron chi connectivity index (χ4n) is 2.82. The molecule has 1 aromatic carbocycles. The van der Waals surface area contributed by atoms with Gasteiger partial charge in [0.15, 0.2) is 0 Å². The Morgan fingerprint density at radius 2 is 1.90 bits per heavy atom. The van der Waals surface area contributed by atoms with Gasteiger partial charge in [0.25, 0.3) is 0 Å². The molecule has 0 N–H and O–H groups in total. The van der Waals surface area contributed by atoms with E-state index in [-0.39, 0.29) is 11.2 Å². The summed E-state index contributed by atoms with van der Waals surface area (Å²) in [4.78, 5) is 4.18. The van der Waals surface area contributed by atoms with Crippen LogP contribution in [0.25, 0.3) is 10.9 Å². The molecule has 3 fully saturated rings. The van der Waals surface area contributed by atoms with Crippen molar-refractivity contribution < 1.29 is 18.4 Å². The van der Waals surface area contributed by atoms with Crippen LogP contribution < -0.4 is 5.46 Å². The molecule has 1 aromatic heterocycles. The van der Waals surface area contributed by atoms with Gasteiger partial charge in [-0.25, -0.2) is 4.39 Å². The Bertz CT molecular complexity index is 669. The zero-order chi connectivity index (χ0) is 13.8. The molecule has 3 aliphatic rings. The van der Waals surface area contributed by atoms with Crippen molar-refractivity contribution in [3.63, 3.8) is 0 Å². The molecule has 2 bridgehead atoms. The average molecular weight is 274 g/mol. The van der Waals surface area contributed by atoms with Crippen molar-refractivity contribution in [2.45, 2.75) is 6.92 Å². The second kappa shape index (κ2) is 4.01. The Labute approximate surface area is 115 Å². The minimum atomic E-state index is -1.93. The number of hydrogen-bond donors (Lipinski definition) is 0. The molecule has 4 heterocycles. The van der Waals surface area contributed by atoms with Gasteiger partial charge in [-0.1, -0.05) is 25.1 Å². The highest BCUT2D eigenvalue weighted by atomic mass is 19.1. The molecule has 0 atom stereocenters. The maximum atomic E-state index is 13.6. The van der Waals surface area contributed by atoms with E-state index in [0.29, 0.717) is 30.7 Å². The third kappa shape index (κ3) is 1.69. The van der Waals surface area contributed by atoms with E-state index in [2.05, 4.69) is 11.9 Å². The number of para-hydroxylation sites is 1. The summed E-state index contributed by atoms with van der Waals surface area (Å²) in [6.45, 7) is 1.96. The summed E-state index contributed by atoms with van der Waals surface area (Å²) >= 11 is 0. The largest absolute Gasteiger partial charge is 0.540 e. The number of rotatable bonds is 1. The lowest BCUT2D eigenvalue weighted by Gasteiger charge is -2.58. The van der Waals surface area contributed by atoms with E-state index in [9.17, 15) is 4.39 Å². The van der Waals surface area contributed by atoms with Crippen LogP contribution in [0.4, 0.5) is 4.39 Å². The molecule has 0 amide bonds. The molecular formula is C14H14BFNO3-. The van der Waals surface area contributed by atoms with Crippen LogP contribution in [-0.2, 0) is 14.0 Å². The summed E-state index contributed by atoms with van der Waals surface area (Å²) in [6, 6.07) is 6.71. The number of aromatic nitrogens is 1. The summed E-state index contributed by atoms with van der Waals surface area (Å²) in [7, 11) is 0. The van der Waals surface area contributed by atoms with Crippen LogP contribution in [0, 0.1) is 11.2 Å². The highest BCUT2D eigenvalue weighted by Crippen LogP contribution is 2.35. The van der Waals surface area contributed by atoms with E-state index in [1.54, 1.807) is 12.3 Å². The molecule has 0 unspecified atom stereocenters. The smallest absolute Gasteiger partial charge is 0.411 e. The van der Waals surface area contributed by atoms with Gasteiger partial charge in [0, 0.05) is 30.6 Å². The fourth-order valence-corrected chi connectivity index (χ4v) is 2.82. The number of fused-ring (bicyclic) bond motifs is 4. The molecule has 3 saturated heterocycles. The van der Waals surface area contributed by atoms with Gasteiger partial charge >= 0.3 is 6.75 Å². The summed E-state index contributed by atoms with van der Waals surface area (Å²) in [5.74, 6) is -0.332. The first-order valence-corrected chi connectivity index (χ1v) is 6.70. The zero-order valence-corrected chi connectivity index (χ0v) is 11.1. The predicted molar refractivity (Wildman–Crippen MR) is 73.1 cm³/mol. The first-order valence-electron chi connectivity index (χ1n) is 6.70. The Hall–Kier alpha value is -1.50. The SMILES string of the molecule is CC12CO[B-](c3cnc4c(F)cccc4c3)(OC1)OC2. The van der Waals surface area contributed by atoms with Gasteiger partial charge in [-0.3, -0.25) is 4.98 Å². The van der Waals surface area contributed by atoms with Crippen molar-refractivity contribution in [1.82, 2.24) is 4.98 Å². The molecule has 0 saturated carbocycles. The molecule has 5 rings (SSSR count). The zero-order valence-electron chi connectivity index (χ0n) is 11.1. The van der Waals surface area contributed by atoms with Gasteiger partial charge in [0.05, 0.1) is 0 Å². The average Bonchev–Trinajstić information content (AvgIpc) is 2.48. The van der Waals surface area contributed by atoms with Crippen molar-refractivity contribution in [3.8, 4) is 0 Å². The van der Waals surface area contributed by atoms with E-state index >= 15 is 0 Å². The Morgan fingerprint density at radius 3 is 2.60 bits per heavy atom. The van der Waals surface area contributed by atoms with Crippen LogP contribution in [0.3, 0.4) is 0 Å². The monoisotopic (exact) mass is 274 g/mol. The lowest BCUT2D eigenvalue weighted by molar-refractivity contribution is -0.119. The first kappa shape index (κ1) is 12.3. The summed E-state index contributed by atoms with van der Waals surface area (Å²) in [5.41, 5.74) is 1.00. The molecule has 0 spiro atoms. The van der Waals surface area contributed by atoms with Gasteiger partial charge in [-0.05, 0) is 12.3 Å². The van der Waals surface area contributed by atoms with Crippen LogP contribution in [0.2, 0.25) is 0 Å². The van der Waals surface area contributed by atoms with Gasteiger partial charge in [-0.2, -0.15) is 0 Å². The fraction of sp³-hybridized carbons (Fsp3) is 0.357. The topological polar surface area (TPSA) is 40.6 Å². The number of benzene rings is 1. The summed E-state index contributed by atoms with van der Waals surface area (Å²) in [6.07, 6.45) is 1.58. The lowest BCUT2D eigenvalue weighted by atomic mass is 9.65. The Kier molecular flexibility index (Phi) is 2.46. The van der Waals surface area contributed by atoms with Crippen LogP contribution in [0.5, 0.6) is 0 Å². The van der Waals surface area contributed by atoms with E-state index in [0.717, 1.165) is 5.46 Å². The lowest BCUT2D eigenvalue weighted by Crippen LogP contribution is -2.68.